The summed E-state index contributed by atoms with van der Waals surface area (Å²) in [5.74, 6) is -3.01. The second kappa shape index (κ2) is 8.18. The fourth-order valence-electron chi connectivity index (χ4n) is 3.72. The highest BCUT2D eigenvalue weighted by Crippen LogP contribution is 2.44. The zero-order valence-electron chi connectivity index (χ0n) is 15.6. The van der Waals surface area contributed by atoms with Crippen LogP contribution in [0.1, 0.15) is 29.9 Å². The summed E-state index contributed by atoms with van der Waals surface area (Å²) in [6.45, 7) is 3.45. The van der Waals surface area contributed by atoms with Crippen molar-refractivity contribution >= 4 is 18.0 Å². The van der Waals surface area contributed by atoms with E-state index in [2.05, 4.69) is 11.9 Å². The van der Waals surface area contributed by atoms with E-state index in [-0.39, 0.29) is 18.9 Å². The zero-order chi connectivity index (χ0) is 21.0. The maximum atomic E-state index is 12.4. The summed E-state index contributed by atoms with van der Waals surface area (Å²) in [4.78, 5) is 35.2. The molecule has 0 unspecified atom stereocenters. The number of benzene rings is 2. The van der Waals surface area contributed by atoms with Crippen LogP contribution in [0.15, 0.2) is 61.2 Å². The molecule has 1 amide bonds. The van der Waals surface area contributed by atoms with E-state index >= 15 is 0 Å². The predicted molar refractivity (Wildman–Crippen MR) is 106 cm³/mol. The van der Waals surface area contributed by atoms with E-state index in [1.165, 1.54) is 6.08 Å². The fourth-order valence-corrected chi connectivity index (χ4v) is 3.72. The molecule has 0 saturated carbocycles. The topological polar surface area (TPSA) is 113 Å². The smallest absolute Gasteiger partial charge is 0.408 e. The van der Waals surface area contributed by atoms with Crippen LogP contribution in [0.3, 0.4) is 0 Å². The third-order valence-corrected chi connectivity index (χ3v) is 5.04. The van der Waals surface area contributed by atoms with Crippen molar-refractivity contribution in [1.29, 1.82) is 0 Å². The van der Waals surface area contributed by atoms with Crippen molar-refractivity contribution in [3.63, 3.8) is 0 Å². The van der Waals surface area contributed by atoms with Crippen molar-refractivity contribution in [2.75, 3.05) is 6.61 Å². The Morgan fingerprint density at radius 1 is 1.03 bits per heavy atom. The number of nitrogens with one attached hydrogen (secondary N) is 1. The molecule has 2 aromatic rings. The maximum Gasteiger partial charge on any atom is 0.408 e. The molecule has 3 rings (SSSR count). The molecule has 2 aromatic carbocycles. The van der Waals surface area contributed by atoms with Gasteiger partial charge >= 0.3 is 18.0 Å². The molecule has 29 heavy (non-hydrogen) atoms. The van der Waals surface area contributed by atoms with Gasteiger partial charge in [0.1, 0.15) is 6.61 Å². The molecule has 0 heterocycles. The Hall–Kier alpha value is -3.61. The highest BCUT2D eigenvalue weighted by molar-refractivity contribution is 5.89. The first-order valence-corrected chi connectivity index (χ1v) is 9.07. The van der Waals surface area contributed by atoms with Crippen molar-refractivity contribution in [2.24, 2.45) is 0 Å². The molecule has 3 N–H and O–H groups in total. The van der Waals surface area contributed by atoms with Crippen molar-refractivity contribution < 1.29 is 29.3 Å². The molecule has 0 aromatic heterocycles. The standard InChI is InChI=1S/C22H21NO6/c1-2-11-22(20(26)27,12-19(24)25)23-21(28)29-13-18-16-9-5-3-7-14(16)15-8-4-6-10-17(15)18/h2-10,18H,1,11-13H2,(H,23,28)(H,24,25)(H,26,27)/t22-/m0/s1. The van der Waals surface area contributed by atoms with Crippen LogP contribution in [-0.4, -0.2) is 40.4 Å². The molecule has 7 heteroatoms. The van der Waals surface area contributed by atoms with Gasteiger partial charge in [-0.15, -0.1) is 6.58 Å². The van der Waals surface area contributed by atoms with Crippen LogP contribution in [0.2, 0.25) is 0 Å². The lowest BCUT2D eigenvalue weighted by Gasteiger charge is -2.27. The van der Waals surface area contributed by atoms with E-state index < -0.39 is 30.0 Å². The van der Waals surface area contributed by atoms with Crippen molar-refractivity contribution in [3.05, 3.63) is 72.3 Å². The van der Waals surface area contributed by atoms with E-state index in [9.17, 15) is 19.5 Å². The fraction of sp³-hybridized carbons (Fsp3) is 0.227. The molecule has 1 atom stereocenters. The minimum Gasteiger partial charge on any atom is -0.481 e. The Bertz CT molecular complexity index is 924. The van der Waals surface area contributed by atoms with Crippen molar-refractivity contribution in [2.45, 2.75) is 24.3 Å². The Morgan fingerprint density at radius 3 is 2.07 bits per heavy atom. The lowest BCUT2D eigenvalue weighted by molar-refractivity contribution is -0.151. The summed E-state index contributed by atoms with van der Waals surface area (Å²) in [5.41, 5.74) is 2.14. The molecule has 0 fully saturated rings. The van der Waals surface area contributed by atoms with E-state index in [1.807, 2.05) is 48.5 Å². The summed E-state index contributed by atoms with van der Waals surface area (Å²) >= 11 is 0. The van der Waals surface area contributed by atoms with Crippen LogP contribution in [-0.2, 0) is 14.3 Å². The first kappa shape index (κ1) is 20.1. The zero-order valence-corrected chi connectivity index (χ0v) is 15.6. The average molecular weight is 395 g/mol. The van der Waals surface area contributed by atoms with Crippen LogP contribution in [0, 0.1) is 0 Å². The molecule has 1 aliphatic rings. The molecular weight excluding hydrogens is 374 g/mol. The summed E-state index contributed by atoms with van der Waals surface area (Å²) in [6.07, 6.45) is -0.782. The third kappa shape index (κ3) is 3.99. The number of carboxylic acid groups (broad SMARTS) is 2. The molecule has 0 saturated heterocycles. The van der Waals surface area contributed by atoms with Crippen molar-refractivity contribution in [3.8, 4) is 11.1 Å². The molecule has 1 aliphatic carbocycles. The Balaban J connectivity index is 1.77. The van der Waals surface area contributed by atoms with Crippen LogP contribution >= 0.6 is 0 Å². The van der Waals surface area contributed by atoms with Crippen LogP contribution < -0.4 is 5.32 Å². The van der Waals surface area contributed by atoms with Gasteiger partial charge in [-0.25, -0.2) is 9.59 Å². The SMILES string of the molecule is C=CC[C@@](CC(=O)O)(NC(=O)OCC1c2ccccc2-c2ccccc21)C(=O)O. The molecule has 0 spiro atoms. The van der Waals surface area contributed by atoms with Crippen LogP contribution in [0.25, 0.3) is 11.1 Å². The molecule has 0 radical (unpaired) electrons. The van der Waals surface area contributed by atoms with E-state index in [4.69, 9.17) is 9.84 Å². The van der Waals surface area contributed by atoms with E-state index in [1.54, 1.807) is 0 Å². The lowest BCUT2D eigenvalue weighted by atomic mass is 9.91. The second-order valence-corrected chi connectivity index (χ2v) is 6.90. The quantitative estimate of drug-likeness (QED) is 0.591. The molecule has 0 bridgehead atoms. The number of rotatable bonds is 8. The Morgan fingerprint density at radius 2 is 1.59 bits per heavy atom. The largest absolute Gasteiger partial charge is 0.481 e. The normalized spacial score (nSPS) is 14.2. The van der Waals surface area contributed by atoms with E-state index in [0.717, 1.165) is 22.3 Å². The maximum absolute atomic E-state index is 12.4. The number of carbonyl (C=O) groups is 3. The van der Waals surface area contributed by atoms with Gasteiger partial charge in [0, 0.05) is 5.92 Å². The van der Waals surface area contributed by atoms with Crippen LogP contribution in [0.5, 0.6) is 0 Å². The number of amides is 1. The number of alkyl carbamates (subject to hydrolysis) is 1. The van der Waals surface area contributed by atoms with Gasteiger partial charge in [0.25, 0.3) is 0 Å². The molecule has 7 nitrogen and oxygen atoms in total. The highest BCUT2D eigenvalue weighted by Gasteiger charge is 2.42. The minimum absolute atomic E-state index is 0.00325. The number of hydrogen-bond acceptors (Lipinski definition) is 4. The van der Waals surface area contributed by atoms with Gasteiger partial charge in [-0.3, -0.25) is 4.79 Å². The number of aliphatic carboxylic acids is 2. The highest BCUT2D eigenvalue weighted by atomic mass is 16.5. The summed E-state index contributed by atoms with van der Waals surface area (Å²) in [5, 5.41) is 20.8. The predicted octanol–water partition coefficient (Wildman–Crippen LogP) is 3.40. The van der Waals surface area contributed by atoms with Gasteiger partial charge < -0.3 is 20.3 Å². The number of hydrogen-bond donors (Lipinski definition) is 3. The van der Waals surface area contributed by atoms with Gasteiger partial charge in [-0.2, -0.15) is 0 Å². The lowest BCUT2D eigenvalue weighted by Crippen LogP contribution is -2.55. The first-order valence-electron chi connectivity index (χ1n) is 9.07. The number of carboxylic acids is 2. The van der Waals surface area contributed by atoms with Crippen LogP contribution in [0.4, 0.5) is 4.79 Å². The van der Waals surface area contributed by atoms with E-state index in [0.29, 0.717) is 0 Å². The number of ether oxygens (including phenoxy) is 1. The summed E-state index contributed by atoms with van der Waals surface area (Å²) in [6, 6.07) is 15.6. The summed E-state index contributed by atoms with van der Waals surface area (Å²) < 4.78 is 5.33. The molecule has 150 valence electrons. The van der Waals surface area contributed by atoms with Crippen molar-refractivity contribution in [1.82, 2.24) is 5.32 Å². The Labute approximate surface area is 167 Å². The first-order chi connectivity index (χ1) is 13.9. The van der Waals surface area contributed by atoms with Gasteiger partial charge in [0.05, 0.1) is 6.42 Å². The second-order valence-electron chi connectivity index (χ2n) is 6.90. The molecular formula is C22H21NO6. The Kier molecular flexibility index (Phi) is 5.68. The molecule has 0 aliphatic heterocycles. The number of fused-ring (bicyclic) bond motifs is 3. The van der Waals surface area contributed by atoms with Gasteiger partial charge in [-0.1, -0.05) is 54.6 Å². The minimum atomic E-state index is -2.02. The monoisotopic (exact) mass is 395 g/mol. The van der Waals surface area contributed by atoms with Gasteiger partial charge in [-0.05, 0) is 28.7 Å². The average Bonchev–Trinajstić information content (AvgIpc) is 3.00. The van der Waals surface area contributed by atoms with Gasteiger partial charge in [0.2, 0.25) is 0 Å². The third-order valence-electron chi connectivity index (χ3n) is 5.04. The number of carbonyl (C=O) groups excluding carboxylic acids is 1. The van der Waals surface area contributed by atoms with Gasteiger partial charge in [0.15, 0.2) is 5.54 Å². The summed E-state index contributed by atoms with van der Waals surface area (Å²) in [7, 11) is 0.